The molecule has 0 radical (unpaired) electrons. The standard InChI is InChI=1S/C11H11F2N3O2/c1-5(6-3-2-4-7(12)8(6)13)9(14)10-15-16-11(17)18-10/h2-5,9H,14H2,1H3,(H,16,17). The molecule has 2 rings (SSSR count). The van der Waals surface area contributed by atoms with E-state index in [1.807, 2.05) is 0 Å². The lowest BCUT2D eigenvalue weighted by atomic mass is 9.93. The molecular weight excluding hydrogens is 244 g/mol. The predicted octanol–water partition coefficient (Wildman–Crippen LogP) is 1.44. The van der Waals surface area contributed by atoms with Crippen LogP contribution in [0.2, 0.25) is 0 Å². The van der Waals surface area contributed by atoms with Gasteiger partial charge >= 0.3 is 5.76 Å². The first kappa shape index (κ1) is 12.4. The highest BCUT2D eigenvalue weighted by Crippen LogP contribution is 2.29. The molecule has 0 bridgehead atoms. The normalized spacial score (nSPS) is 14.4. The number of benzene rings is 1. The number of hydrogen-bond acceptors (Lipinski definition) is 4. The summed E-state index contributed by atoms with van der Waals surface area (Å²) in [6.45, 7) is 1.59. The molecule has 0 fully saturated rings. The fourth-order valence-corrected chi connectivity index (χ4v) is 1.66. The van der Waals surface area contributed by atoms with Gasteiger partial charge in [0, 0.05) is 5.92 Å². The van der Waals surface area contributed by atoms with Gasteiger partial charge in [-0.2, -0.15) is 0 Å². The molecule has 2 unspecified atom stereocenters. The SMILES string of the molecule is CC(c1cccc(F)c1F)C(N)c1n[nH]c(=O)o1. The van der Waals surface area contributed by atoms with Gasteiger partial charge in [0.25, 0.3) is 0 Å². The molecule has 0 saturated heterocycles. The Balaban J connectivity index is 2.33. The molecule has 18 heavy (non-hydrogen) atoms. The number of nitrogens with two attached hydrogens (primary N) is 1. The molecule has 2 aromatic rings. The van der Waals surface area contributed by atoms with Crippen molar-refractivity contribution in [1.82, 2.24) is 10.2 Å². The molecule has 7 heteroatoms. The van der Waals surface area contributed by atoms with Crippen LogP contribution < -0.4 is 11.5 Å². The van der Waals surface area contributed by atoms with Crippen LogP contribution in [0.4, 0.5) is 8.78 Å². The zero-order valence-corrected chi connectivity index (χ0v) is 9.48. The molecule has 0 spiro atoms. The minimum atomic E-state index is -0.960. The smallest absolute Gasteiger partial charge is 0.391 e. The molecule has 0 aliphatic carbocycles. The summed E-state index contributed by atoms with van der Waals surface area (Å²) in [4.78, 5) is 10.8. The maximum Gasteiger partial charge on any atom is 0.434 e. The number of nitrogens with zero attached hydrogens (tertiary/aromatic N) is 1. The van der Waals surface area contributed by atoms with Crippen molar-refractivity contribution in [2.75, 3.05) is 0 Å². The predicted molar refractivity (Wildman–Crippen MR) is 58.8 cm³/mol. The van der Waals surface area contributed by atoms with Gasteiger partial charge in [0.15, 0.2) is 11.6 Å². The first-order chi connectivity index (χ1) is 8.50. The molecule has 5 nitrogen and oxygen atoms in total. The van der Waals surface area contributed by atoms with Crippen LogP contribution in [0.5, 0.6) is 0 Å². The Labute approximate surface area is 101 Å². The molecule has 0 amide bonds. The lowest BCUT2D eigenvalue weighted by Gasteiger charge is -2.17. The van der Waals surface area contributed by atoms with Crippen LogP contribution in [0, 0.1) is 11.6 Å². The maximum atomic E-state index is 13.6. The van der Waals surface area contributed by atoms with Gasteiger partial charge < -0.3 is 10.2 Å². The highest BCUT2D eigenvalue weighted by atomic mass is 19.2. The Morgan fingerprint density at radius 3 is 2.78 bits per heavy atom. The quantitative estimate of drug-likeness (QED) is 0.869. The van der Waals surface area contributed by atoms with Crippen molar-refractivity contribution >= 4 is 0 Å². The fraction of sp³-hybridized carbons (Fsp3) is 0.273. The van der Waals surface area contributed by atoms with Gasteiger partial charge in [-0.3, -0.25) is 0 Å². The number of aromatic amines is 1. The van der Waals surface area contributed by atoms with Crippen LogP contribution in [-0.2, 0) is 0 Å². The number of hydrogen-bond donors (Lipinski definition) is 2. The van der Waals surface area contributed by atoms with Gasteiger partial charge in [0.1, 0.15) is 0 Å². The van der Waals surface area contributed by atoms with E-state index in [2.05, 4.69) is 10.2 Å². The average Bonchev–Trinajstić information content (AvgIpc) is 2.77. The van der Waals surface area contributed by atoms with Crippen molar-refractivity contribution in [2.45, 2.75) is 18.9 Å². The number of H-pyrrole nitrogens is 1. The van der Waals surface area contributed by atoms with Crippen LogP contribution in [0.25, 0.3) is 0 Å². The lowest BCUT2D eigenvalue weighted by Crippen LogP contribution is -2.19. The van der Waals surface area contributed by atoms with Crippen molar-refractivity contribution in [3.63, 3.8) is 0 Å². The van der Waals surface area contributed by atoms with E-state index in [0.29, 0.717) is 0 Å². The van der Waals surface area contributed by atoms with Crippen molar-refractivity contribution in [1.29, 1.82) is 0 Å². The Morgan fingerprint density at radius 1 is 1.44 bits per heavy atom. The van der Waals surface area contributed by atoms with Crippen LogP contribution in [0.1, 0.15) is 30.3 Å². The first-order valence-electron chi connectivity index (χ1n) is 5.25. The summed E-state index contributed by atoms with van der Waals surface area (Å²) in [5, 5.41) is 5.63. The van der Waals surface area contributed by atoms with Crippen LogP contribution in [0.3, 0.4) is 0 Å². The topological polar surface area (TPSA) is 84.9 Å². The third-order valence-corrected chi connectivity index (χ3v) is 2.75. The monoisotopic (exact) mass is 255 g/mol. The molecular formula is C11H11F2N3O2. The van der Waals surface area contributed by atoms with E-state index < -0.39 is 29.4 Å². The lowest BCUT2D eigenvalue weighted by molar-refractivity contribution is 0.393. The van der Waals surface area contributed by atoms with Gasteiger partial charge in [-0.25, -0.2) is 18.7 Å². The number of rotatable bonds is 3. The largest absolute Gasteiger partial charge is 0.434 e. The third-order valence-electron chi connectivity index (χ3n) is 2.75. The zero-order chi connectivity index (χ0) is 13.3. The summed E-state index contributed by atoms with van der Waals surface area (Å²) in [5.41, 5.74) is 5.90. The van der Waals surface area contributed by atoms with Gasteiger partial charge in [-0.05, 0) is 11.6 Å². The molecule has 0 aliphatic rings. The molecule has 96 valence electrons. The molecule has 1 aromatic heterocycles. The number of nitrogens with one attached hydrogen (secondary N) is 1. The van der Waals surface area contributed by atoms with E-state index >= 15 is 0 Å². The van der Waals surface area contributed by atoms with Gasteiger partial charge in [0.2, 0.25) is 5.89 Å². The Kier molecular flexibility index (Phi) is 3.24. The van der Waals surface area contributed by atoms with Crippen LogP contribution >= 0.6 is 0 Å². The van der Waals surface area contributed by atoms with Crippen molar-refractivity contribution in [3.05, 3.63) is 51.8 Å². The Morgan fingerprint density at radius 2 is 2.17 bits per heavy atom. The first-order valence-corrected chi connectivity index (χ1v) is 5.25. The minimum absolute atomic E-state index is 0.0452. The van der Waals surface area contributed by atoms with Gasteiger partial charge in [-0.15, -0.1) is 5.10 Å². The van der Waals surface area contributed by atoms with Crippen LogP contribution in [-0.4, -0.2) is 10.2 Å². The second-order valence-electron chi connectivity index (χ2n) is 3.91. The minimum Gasteiger partial charge on any atom is -0.391 e. The number of aromatic nitrogens is 2. The fourth-order valence-electron chi connectivity index (χ4n) is 1.66. The summed E-state index contributed by atoms with van der Waals surface area (Å²) >= 11 is 0. The van der Waals surface area contributed by atoms with Gasteiger partial charge in [0.05, 0.1) is 6.04 Å². The Hall–Kier alpha value is -2.02. The van der Waals surface area contributed by atoms with Crippen molar-refractivity contribution in [3.8, 4) is 0 Å². The van der Waals surface area contributed by atoms with E-state index in [4.69, 9.17) is 10.2 Å². The average molecular weight is 255 g/mol. The number of halogens is 2. The molecule has 2 atom stereocenters. The van der Waals surface area contributed by atoms with E-state index in [1.54, 1.807) is 6.92 Å². The third kappa shape index (κ3) is 2.17. The molecule has 1 aromatic carbocycles. The zero-order valence-electron chi connectivity index (χ0n) is 9.48. The summed E-state index contributed by atoms with van der Waals surface area (Å²) < 4.78 is 31.4. The van der Waals surface area contributed by atoms with Crippen molar-refractivity contribution < 1.29 is 13.2 Å². The second kappa shape index (κ2) is 4.69. The van der Waals surface area contributed by atoms with Crippen molar-refractivity contribution in [2.24, 2.45) is 5.73 Å². The van der Waals surface area contributed by atoms with E-state index in [1.165, 1.54) is 12.1 Å². The highest BCUT2D eigenvalue weighted by Gasteiger charge is 2.25. The van der Waals surface area contributed by atoms with E-state index in [0.717, 1.165) is 6.07 Å². The molecule has 3 N–H and O–H groups in total. The summed E-state index contributed by atoms with van der Waals surface area (Å²) in [6, 6.07) is 2.98. The maximum absolute atomic E-state index is 13.6. The van der Waals surface area contributed by atoms with E-state index in [-0.39, 0.29) is 11.5 Å². The highest BCUT2D eigenvalue weighted by molar-refractivity contribution is 5.24. The van der Waals surface area contributed by atoms with Gasteiger partial charge in [-0.1, -0.05) is 19.1 Å². The molecule has 0 saturated carbocycles. The summed E-state index contributed by atoms with van der Waals surface area (Å²) in [5.74, 6) is -3.29. The molecule has 0 aliphatic heterocycles. The molecule has 1 heterocycles. The van der Waals surface area contributed by atoms with Crippen LogP contribution in [0.15, 0.2) is 27.4 Å². The summed E-state index contributed by atoms with van der Waals surface area (Å²) in [6.07, 6.45) is 0. The van der Waals surface area contributed by atoms with E-state index in [9.17, 15) is 13.6 Å². The summed E-state index contributed by atoms with van der Waals surface area (Å²) in [7, 11) is 0. The second-order valence-corrected chi connectivity index (χ2v) is 3.91. The Bertz CT molecular complexity index is 608.